The molecule has 4 aromatic carbocycles. The second-order valence-electron chi connectivity index (χ2n) is 11.0. The highest BCUT2D eigenvalue weighted by Crippen LogP contribution is 2.32. The number of carbonyl (C=O) groups is 5. The van der Waals surface area contributed by atoms with Gasteiger partial charge in [-0.05, 0) is 48.5 Å². The average molecular weight is 684 g/mol. The van der Waals surface area contributed by atoms with Crippen molar-refractivity contribution in [2.75, 3.05) is 13.2 Å². The molecule has 0 aliphatic carbocycles. The lowest BCUT2D eigenvalue weighted by Gasteiger charge is -2.44. The highest BCUT2D eigenvalue weighted by Gasteiger charge is 2.54. The number of hydrogen-bond acceptors (Lipinski definition) is 12. The van der Waals surface area contributed by atoms with E-state index < -0.39 is 79.8 Å². The minimum atomic E-state index is -1.66. The van der Waals surface area contributed by atoms with E-state index in [4.69, 9.17) is 34.2 Å². The molecule has 0 bridgehead atoms. The van der Waals surface area contributed by atoms with Gasteiger partial charge in [-0.25, -0.2) is 19.2 Å². The van der Waals surface area contributed by atoms with Crippen LogP contribution in [0.4, 0.5) is 0 Å². The van der Waals surface area contributed by atoms with Gasteiger partial charge in [0, 0.05) is 0 Å². The third kappa shape index (κ3) is 9.17. The van der Waals surface area contributed by atoms with Crippen molar-refractivity contribution in [3.8, 4) is 0 Å². The molecule has 4 aromatic rings. The molecule has 1 aliphatic rings. The number of aliphatic carboxylic acids is 1. The molecule has 0 aromatic heterocycles. The summed E-state index contributed by atoms with van der Waals surface area (Å²) in [7, 11) is 0. The van der Waals surface area contributed by atoms with Crippen LogP contribution in [0.5, 0.6) is 0 Å². The maximum atomic E-state index is 13.6. The Hall–Kier alpha value is -5.89. The monoisotopic (exact) mass is 683 g/mol. The summed E-state index contributed by atoms with van der Waals surface area (Å²) in [4.78, 5) is 65.0. The molecular weight excluding hydrogens is 650 g/mol. The Kier molecular flexibility index (Phi) is 12.0. The number of benzene rings is 4. The largest absolute Gasteiger partial charge is 0.480 e. The van der Waals surface area contributed by atoms with Crippen molar-refractivity contribution in [3.63, 3.8) is 0 Å². The van der Waals surface area contributed by atoms with Crippen molar-refractivity contribution in [2.24, 2.45) is 5.73 Å². The standard InChI is InChI=1S/C37H33NO12/c38-27(32(39)40)21-46-37-31(50-36(44)26-19-11-4-12-20-26)30(49-35(43)25-17-9-3-10-18-25)29(48-34(42)24-15-7-2-8-16-24)28(47-37)22-45-33(41)23-13-5-1-6-14-23/h1-20,27-31,37H,21-22,38H2,(H,39,40)/t27-,28+,29+,30-,31+,37+/m0/s1. The van der Waals surface area contributed by atoms with Gasteiger partial charge < -0.3 is 39.3 Å². The predicted molar refractivity (Wildman–Crippen MR) is 174 cm³/mol. The molecule has 258 valence electrons. The zero-order valence-corrected chi connectivity index (χ0v) is 26.4. The molecule has 13 heteroatoms. The molecule has 50 heavy (non-hydrogen) atoms. The van der Waals surface area contributed by atoms with Crippen molar-refractivity contribution >= 4 is 29.8 Å². The summed E-state index contributed by atoms with van der Waals surface area (Å²) in [6.07, 6.45) is -7.94. The second-order valence-corrected chi connectivity index (χ2v) is 11.0. The number of carbonyl (C=O) groups excluding carboxylic acids is 4. The summed E-state index contributed by atoms with van der Waals surface area (Å²) < 4.78 is 35.1. The fourth-order valence-corrected chi connectivity index (χ4v) is 4.93. The first-order valence-electron chi connectivity index (χ1n) is 15.5. The van der Waals surface area contributed by atoms with E-state index in [2.05, 4.69) is 0 Å². The lowest BCUT2D eigenvalue weighted by Crippen LogP contribution is -2.63. The van der Waals surface area contributed by atoms with Crippen LogP contribution in [0.1, 0.15) is 41.4 Å². The van der Waals surface area contributed by atoms with E-state index in [1.54, 1.807) is 72.8 Å². The third-order valence-electron chi connectivity index (χ3n) is 7.49. The van der Waals surface area contributed by atoms with Crippen LogP contribution in [-0.2, 0) is 33.2 Å². The van der Waals surface area contributed by atoms with Crippen molar-refractivity contribution < 1.29 is 57.5 Å². The van der Waals surface area contributed by atoms with Gasteiger partial charge in [-0.1, -0.05) is 72.8 Å². The van der Waals surface area contributed by atoms with Crippen LogP contribution >= 0.6 is 0 Å². The van der Waals surface area contributed by atoms with Gasteiger partial charge in [-0.15, -0.1) is 0 Å². The van der Waals surface area contributed by atoms with Crippen LogP contribution < -0.4 is 5.73 Å². The van der Waals surface area contributed by atoms with Gasteiger partial charge in [0.05, 0.1) is 28.9 Å². The summed E-state index contributed by atoms with van der Waals surface area (Å²) in [5.41, 5.74) is 6.26. The van der Waals surface area contributed by atoms with Crippen molar-refractivity contribution in [2.45, 2.75) is 36.7 Å². The van der Waals surface area contributed by atoms with E-state index in [0.717, 1.165) is 0 Å². The first-order chi connectivity index (χ1) is 24.2. The molecule has 3 N–H and O–H groups in total. The normalized spacial score (nSPS) is 20.5. The van der Waals surface area contributed by atoms with E-state index in [9.17, 15) is 29.1 Å². The zero-order chi connectivity index (χ0) is 35.5. The van der Waals surface area contributed by atoms with Crippen molar-refractivity contribution in [1.29, 1.82) is 0 Å². The predicted octanol–water partition coefficient (Wildman–Crippen LogP) is 3.67. The van der Waals surface area contributed by atoms with Gasteiger partial charge in [-0.3, -0.25) is 4.79 Å². The van der Waals surface area contributed by atoms with Gasteiger partial charge in [-0.2, -0.15) is 0 Å². The molecule has 1 saturated heterocycles. The molecule has 0 radical (unpaired) electrons. The van der Waals surface area contributed by atoms with E-state index in [1.165, 1.54) is 48.5 Å². The third-order valence-corrected chi connectivity index (χ3v) is 7.49. The Labute approximate surface area is 286 Å². The Balaban J connectivity index is 1.55. The number of carboxylic acid groups (broad SMARTS) is 1. The van der Waals surface area contributed by atoms with Gasteiger partial charge in [0.15, 0.2) is 24.6 Å². The van der Waals surface area contributed by atoms with Gasteiger partial charge in [0.25, 0.3) is 0 Å². The Morgan fingerprint density at radius 3 is 1.38 bits per heavy atom. The van der Waals surface area contributed by atoms with Crippen LogP contribution in [0.15, 0.2) is 121 Å². The minimum Gasteiger partial charge on any atom is -0.480 e. The fourth-order valence-electron chi connectivity index (χ4n) is 4.93. The Bertz CT molecular complexity index is 1750. The van der Waals surface area contributed by atoms with Crippen LogP contribution in [0, 0.1) is 0 Å². The summed E-state index contributed by atoms with van der Waals surface area (Å²) in [6.45, 7) is -1.20. The summed E-state index contributed by atoms with van der Waals surface area (Å²) in [5, 5.41) is 9.41. The van der Waals surface area contributed by atoms with Crippen molar-refractivity contribution in [1.82, 2.24) is 0 Å². The minimum absolute atomic E-state index is 0.109. The van der Waals surface area contributed by atoms with Crippen LogP contribution in [0.2, 0.25) is 0 Å². The first kappa shape index (κ1) is 35.4. The molecule has 6 atom stereocenters. The molecule has 1 aliphatic heterocycles. The summed E-state index contributed by atoms with van der Waals surface area (Å²) >= 11 is 0. The number of hydrogen-bond donors (Lipinski definition) is 2. The lowest BCUT2D eigenvalue weighted by atomic mass is 9.97. The summed E-state index contributed by atoms with van der Waals surface area (Å²) in [6, 6.07) is 30.1. The topological polar surface area (TPSA) is 187 Å². The molecule has 1 fully saturated rings. The quantitative estimate of drug-likeness (QED) is 0.154. The Morgan fingerprint density at radius 1 is 0.580 bits per heavy atom. The summed E-state index contributed by atoms with van der Waals surface area (Å²) in [5.74, 6) is -4.78. The number of rotatable bonds is 13. The van der Waals surface area contributed by atoms with Gasteiger partial charge in [0.1, 0.15) is 18.8 Å². The highest BCUT2D eigenvalue weighted by atomic mass is 16.7. The number of nitrogens with two attached hydrogens (primary N) is 1. The molecule has 0 amide bonds. The Morgan fingerprint density at radius 2 is 0.960 bits per heavy atom. The SMILES string of the molecule is N[C@@H](CO[C@@H]1O[C@H](COC(=O)c2ccccc2)[C@@H](OC(=O)c2ccccc2)[C@H](OC(=O)c2ccccc2)[C@H]1OC(=O)c1ccccc1)C(=O)O. The molecular formula is C37H33NO12. The smallest absolute Gasteiger partial charge is 0.338 e. The molecule has 0 unspecified atom stereocenters. The van der Waals surface area contributed by atoms with E-state index in [0.29, 0.717) is 0 Å². The van der Waals surface area contributed by atoms with E-state index in [1.807, 2.05) is 0 Å². The first-order valence-corrected chi connectivity index (χ1v) is 15.5. The maximum Gasteiger partial charge on any atom is 0.338 e. The number of esters is 4. The van der Waals surface area contributed by atoms with E-state index in [-0.39, 0.29) is 22.3 Å². The van der Waals surface area contributed by atoms with Gasteiger partial charge in [0.2, 0.25) is 0 Å². The maximum absolute atomic E-state index is 13.6. The average Bonchev–Trinajstić information content (AvgIpc) is 3.15. The van der Waals surface area contributed by atoms with E-state index >= 15 is 0 Å². The molecule has 0 saturated carbocycles. The molecule has 13 nitrogen and oxygen atoms in total. The molecule has 5 rings (SSSR count). The van der Waals surface area contributed by atoms with Crippen LogP contribution in [0.3, 0.4) is 0 Å². The zero-order valence-electron chi connectivity index (χ0n) is 26.4. The fraction of sp³-hybridized carbons (Fsp3) is 0.216. The van der Waals surface area contributed by atoms with Crippen molar-refractivity contribution in [3.05, 3.63) is 144 Å². The molecule has 0 spiro atoms. The second kappa shape index (κ2) is 17.0. The van der Waals surface area contributed by atoms with Gasteiger partial charge >= 0.3 is 29.8 Å². The lowest BCUT2D eigenvalue weighted by molar-refractivity contribution is -0.298. The number of carboxylic acids is 1. The van der Waals surface area contributed by atoms with Crippen LogP contribution in [0.25, 0.3) is 0 Å². The highest BCUT2D eigenvalue weighted by molar-refractivity contribution is 5.91. The molecule has 1 heterocycles. The van der Waals surface area contributed by atoms with Crippen LogP contribution in [-0.4, -0.2) is 84.9 Å². The number of ether oxygens (including phenoxy) is 6.